The number of aromatic nitrogens is 1. The molecule has 0 spiro atoms. The Balaban J connectivity index is 2.28. The first-order valence-electron chi connectivity index (χ1n) is 5.53. The summed E-state index contributed by atoms with van der Waals surface area (Å²) in [5.74, 6) is -1.33. The van der Waals surface area contributed by atoms with Crippen LogP contribution in [0.3, 0.4) is 0 Å². The van der Waals surface area contributed by atoms with Gasteiger partial charge in [-0.05, 0) is 25.1 Å². The lowest BCUT2D eigenvalue weighted by molar-refractivity contribution is 0.102. The number of anilines is 2. The largest absolute Gasteiger partial charge is 0.399 e. The molecule has 2 aromatic rings. The standard InChI is InChI=1S/C13H12FN3O2/c1-7-4-12(18)9(6-16-7)13(19)17-11-3-2-8(15)5-10(11)14/h2-6H,15H2,1H3,(H,16,18)(H,17,19). The lowest BCUT2D eigenvalue weighted by atomic mass is 10.2. The van der Waals surface area contributed by atoms with Crippen LogP contribution in [-0.2, 0) is 0 Å². The Labute approximate surface area is 108 Å². The Hall–Kier alpha value is -2.63. The van der Waals surface area contributed by atoms with Crippen molar-refractivity contribution in [1.29, 1.82) is 0 Å². The van der Waals surface area contributed by atoms with Crippen LogP contribution in [0.15, 0.2) is 35.3 Å². The van der Waals surface area contributed by atoms with Crippen LogP contribution in [0.5, 0.6) is 0 Å². The molecule has 0 fully saturated rings. The molecule has 0 saturated carbocycles. The van der Waals surface area contributed by atoms with Crippen molar-refractivity contribution in [3.63, 3.8) is 0 Å². The van der Waals surface area contributed by atoms with Gasteiger partial charge >= 0.3 is 0 Å². The van der Waals surface area contributed by atoms with Crippen LogP contribution in [0.25, 0.3) is 0 Å². The van der Waals surface area contributed by atoms with Crippen molar-refractivity contribution in [3.05, 3.63) is 57.8 Å². The summed E-state index contributed by atoms with van der Waals surface area (Å²) in [5.41, 5.74) is 5.76. The fourth-order valence-electron chi connectivity index (χ4n) is 1.57. The summed E-state index contributed by atoms with van der Waals surface area (Å²) in [6, 6.07) is 5.19. The molecular formula is C13H12FN3O2. The quantitative estimate of drug-likeness (QED) is 0.718. The first kappa shape index (κ1) is 12.8. The van der Waals surface area contributed by atoms with Gasteiger partial charge in [-0.1, -0.05) is 0 Å². The van der Waals surface area contributed by atoms with Crippen LogP contribution in [-0.4, -0.2) is 10.9 Å². The van der Waals surface area contributed by atoms with E-state index in [1.165, 1.54) is 24.4 Å². The fourth-order valence-corrected chi connectivity index (χ4v) is 1.57. The van der Waals surface area contributed by atoms with Crippen molar-refractivity contribution in [3.8, 4) is 0 Å². The van der Waals surface area contributed by atoms with Gasteiger partial charge in [0.15, 0.2) is 5.43 Å². The normalized spacial score (nSPS) is 10.2. The van der Waals surface area contributed by atoms with Crippen LogP contribution in [0.4, 0.5) is 15.8 Å². The van der Waals surface area contributed by atoms with Crippen molar-refractivity contribution >= 4 is 17.3 Å². The predicted octanol–water partition coefficient (Wildman–Crippen LogP) is 1.66. The highest BCUT2D eigenvalue weighted by Gasteiger charge is 2.12. The Morgan fingerprint density at radius 2 is 2.11 bits per heavy atom. The zero-order valence-electron chi connectivity index (χ0n) is 10.2. The second-order valence-corrected chi connectivity index (χ2v) is 4.09. The minimum Gasteiger partial charge on any atom is -0.399 e. The molecule has 0 aliphatic rings. The van der Waals surface area contributed by atoms with E-state index in [1.807, 2.05) is 0 Å². The highest BCUT2D eigenvalue weighted by Crippen LogP contribution is 2.17. The summed E-state index contributed by atoms with van der Waals surface area (Å²) in [6.07, 6.45) is 1.29. The van der Waals surface area contributed by atoms with E-state index in [4.69, 9.17) is 5.73 Å². The number of rotatable bonds is 2. The first-order chi connectivity index (χ1) is 8.97. The maximum absolute atomic E-state index is 13.5. The Morgan fingerprint density at radius 3 is 2.74 bits per heavy atom. The molecule has 0 bridgehead atoms. The Kier molecular flexibility index (Phi) is 3.33. The second-order valence-electron chi connectivity index (χ2n) is 4.09. The van der Waals surface area contributed by atoms with Gasteiger partial charge < -0.3 is 16.0 Å². The number of benzene rings is 1. The monoisotopic (exact) mass is 261 g/mol. The minimum absolute atomic E-state index is 0.0285. The summed E-state index contributed by atoms with van der Waals surface area (Å²) >= 11 is 0. The van der Waals surface area contributed by atoms with Crippen LogP contribution in [0.1, 0.15) is 16.1 Å². The number of hydrogen-bond acceptors (Lipinski definition) is 3. The zero-order valence-corrected chi connectivity index (χ0v) is 10.2. The van der Waals surface area contributed by atoms with Gasteiger partial charge in [-0.15, -0.1) is 0 Å². The van der Waals surface area contributed by atoms with E-state index in [0.29, 0.717) is 5.69 Å². The summed E-state index contributed by atoms with van der Waals surface area (Å²) in [4.78, 5) is 26.2. The molecule has 0 unspecified atom stereocenters. The molecular weight excluding hydrogens is 249 g/mol. The molecule has 19 heavy (non-hydrogen) atoms. The van der Waals surface area contributed by atoms with Gasteiger partial charge in [0.1, 0.15) is 11.4 Å². The third-order valence-corrected chi connectivity index (χ3v) is 2.54. The molecule has 2 rings (SSSR count). The molecule has 0 aliphatic carbocycles. The van der Waals surface area contributed by atoms with Crippen LogP contribution in [0.2, 0.25) is 0 Å². The number of amides is 1. The molecule has 1 aromatic carbocycles. The molecule has 4 N–H and O–H groups in total. The van der Waals surface area contributed by atoms with Crippen molar-refractivity contribution in [2.75, 3.05) is 11.1 Å². The fraction of sp³-hybridized carbons (Fsp3) is 0.0769. The number of carbonyl (C=O) groups is 1. The molecule has 1 heterocycles. The van der Waals surface area contributed by atoms with Gasteiger partial charge in [-0.2, -0.15) is 0 Å². The number of pyridine rings is 1. The van der Waals surface area contributed by atoms with Crippen LogP contribution >= 0.6 is 0 Å². The lowest BCUT2D eigenvalue weighted by Crippen LogP contribution is -2.22. The first-order valence-corrected chi connectivity index (χ1v) is 5.53. The highest BCUT2D eigenvalue weighted by molar-refractivity contribution is 6.04. The average Bonchev–Trinajstić information content (AvgIpc) is 2.32. The molecule has 98 valence electrons. The number of aryl methyl sites for hydroxylation is 1. The highest BCUT2D eigenvalue weighted by atomic mass is 19.1. The second kappa shape index (κ2) is 4.93. The molecule has 6 heteroatoms. The lowest BCUT2D eigenvalue weighted by Gasteiger charge is -2.06. The van der Waals surface area contributed by atoms with E-state index < -0.39 is 17.2 Å². The number of hydrogen-bond donors (Lipinski definition) is 3. The van der Waals surface area contributed by atoms with Crippen LogP contribution < -0.4 is 16.5 Å². The van der Waals surface area contributed by atoms with Gasteiger partial charge in [-0.3, -0.25) is 9.59 Å². The minimum atomic E-state index is -0.676. The number of nitrogens with one attached hydrogen (secondary N) is 2. The number of halogens is 1. The summed E-state index contributed by atoms with van der Waals surface area (Å²) in [6.45, 7) is 1.70. The smallest absolute Gasteiger partial charge is 0.261 e. The maximum atomic E-state index is 13.5. The van der Waals surface area contributed by atoms with Crippen molar-refractivity contribution < 1.29 is 9.18 Å². The summed E-state index contributed by atoms with van der Waals surface area (Å²) in [7, 11) is 0. The van der Waals surface area contributed by atoms with E-state index >= 15 is 0 Å². The number of nitrogens with two attached hydrogens (primary N) is 1. The van der Waals surface area contributed by atoms with E-state index in [-0.39, 0.29) is 16.9 Å². The summed E-state index contributed by atoms with van der Waals surface area (Å²) in [5, 5.41) is 2.32. The van der Waals surface area contributed by atoms with E-state index in [2.05, 4.69) is 10.3 Å². The van der Waals surface area contributed by atoms with Gasteiger partial charge in [0.25, 0.3) is 5.91 Å². The third kappa shape index (κ3) is 2.79. The molecule has 0 aliphatic heterocycles. The maximum Gasteiger partial charge on any atom is 0.261 e. The van der Waals surface area contributed by atoms with Gasteiger partial charge in [-0.25, -0.2) is 4.39 Å². The molecule has 0 radical (unpaired) electrons. The Bertz CT molecular complexity index is 695. The van der Waals surface area contributed by atoms with Crippen molar-refractivity contribution in [2.45, 2.75) is 6.92 Å². The van der Waals surface area contributed by atoms with Crippen molar-refractivity contribution in [2.24, 2.45) is 0 Å². The predicted molar refractivity (Wildman–Crippen MR) is 70.6 cm³/mol. The van der Waals surface area contributed by atoms with Gasteiger partial charge in [0.2, 0.25) is 0 Å². The molecule has 0 saturated heterocycles. The van der Waals surface area contributed by atoms with E-state index in [9.17, 15) is 14.0 Å². The van der Waals surface area contributed by atoms with E-state index in [0.717, 1.165) is 6.07 Å². The number of carbonyl (C=O) groups excluding carboxylic acids is 1. The van der Waals surface area contributed by atoms with Crippen molar-refractivity contribution in [1.82, 2.24) is 4.98 Å². The van der Waals surface area contributed by atoms with E-state index in [1.54, 1.807) is 6.92 Å². The number of nitrogen functional groups attached to an aromatic ring is 1. The molecule has 1 amide bonds. The Morgan fingerprint density at radius 1 is 1.37 bits per heavy atom. The number of H-pyrrole nitrogens is 1. The zero-order chi connectivity index (χ0) is 14.0. The molecule has 0 atom stereocenters. The van der Waals surface area contributed by atoms with Gasteiger partial charge in [0, 0.05) is 23.6 Å². The van der Waals surface area contributed by atoms with Gasteiger partial charge in [0.05, 0.1) is 5.69 Å². The number of aromatic amines is 1. The topological polar surface area (TPSA) is 88.0 Å². The SMILES string of the molecule is Cc1cc(=O)c(C(=O)Nc2ccc(N)cc2F)c[nH]1. The average molecular weight is 261 g/mol. The molecule has 1 aromatic heterocycles. The third-order valence-electron chi connectivity index (χ3n) is 2.54. The summed E-state index contributed by atoms with van der Waals surface area (Å²) < 4.78 is 13.5. The van der Waals surface area contributed by atoms with Crippen LogP contribution in [0, 0.1) is 12.7 Å². The molecule has 5 nitrogen and oxygen atoms in total.